The maximum atomic E-state index is 12.7. The van der Waals surface area contributed by atoms with Gasteiger partial charge in [-0.05, 0) is 35.9 Å². The van der Waals surface area contributed by atoms with Gasteiger partial charge in [0, 0.05) is 55.9 Å². The average molecular weight is 372 g/mol. The lowest BCUT2D eigenvalue weighted by molar-refractivity contribution is -0.119. The molecule has 1 heterocycles. The highest BCUT2D eigenvalue weighted by Gasteiger charge is 2.22. The van der Waals surface area contributed by atoms with E-state index in [-0.39, 0.29) is 11.8 Å². The maximum Gasteiger partial charge on any atom is 0.253 e. The molecule has 136 valence electrons. The molecule has 0 aliphatic carbocycles. The molecule has 0 unspecified atom stereocenters. The van der Waals surface area contributed by atoms with Crippen molar-refractivity contribution in [2.45, 2.75) is 13.5 Å². The fourth-order valence-corrected chi connectivity index (χ4v) is 3.20. The highest BCUT2D eigenvalue weighted by atomic mass is 35.5. The molecule has 1 saturated heterocycles. The number of rotatable bonds is 4. The van der Waals surface area contributed by atoms with E-state index in [2.05, 4.69) is 10.2 Å². The lowest BCUT2D eigenvalue weighted by Crippen LogP contribution is -2.48. The Morgan fingerprint density at radius 2 is 1.73 bits per heavy atom. The highest BCUT2D eigenvalue weighted by Crippen LogP contribution is 2.21. The third-order valence-corrected chi connectivity index (χ3v) is 4.72. The predicted molar refractivity (Wildman–Crippen MR) is 104 cm³/mol. The smallest absolute Gasteiger partial charge is 0.253 e. The minimum absolute atomic E-state index is 0.0434. The molecule has 1 aliphatic heterocycles. The van der Waals surface area contributed by atoms with E-state index >= 15 is 0 Å². The molecular weight excluding hydrogens is 350 g/mol. The van der Waals surface area contributed by atoms with Crippen molar-refractivity contribution in [2.24, 2.45) is 0 Å². The zero-order valence-corrected chi connectivity index (χ0v) is 15.5. The average Bonchev–Trinajstić information content (AvgIpc) is 2.66. The molecule has 0 spiro atoms. The number of anilines is 1. The zero-order chi connectivity index (χ0) is 18.5. The first-order valence-electron chi connectivity index (χ1n) is 8.66. The Hall–Kier alpha value is -2.53. The molecule has 26 heavy (non-hydrogen) atoms. The van der Waals surface area contributed by atoms with Crippen LogP contribution in [-0.2, 0) is 11.3 Å². The van der Waals surface area contributed by atoms with Gasteiger partial charge >= 0.3 is 0 Å². The van der Waals surface area contributed by atoms with Crippen LogP contribution in [0.15, 0.2) is 48.5 Å². The summed E-state index contributed by atoms with van der Waals surface area (Å²) in [6.07, 6.45) is 0. The monoisotopic (exact) mass is 371 g/mol. The fraction of sp³-hybridized carbons (Fsp3) is 0.300. The van der Waals surface area contributed by atoms with Gasteiger partial charge in [-0.15, -0.1) is 0 Å². The molecule has 6 heteroatoms. The van der Waals surface area contributed by atoms with Gasteiger partial charge in [-0.3, -0.25) is 9.59 Å². The molecule has 1 fully saturated rings. The Kier molecular flexibility index (Phi) is 5.78. The van der Waals surface area contributed by atoms with E-state index in [1.807, 2.05) is 53.4 Å². The summed E-state index contributed by atoms with van der Waals surface area (Å²) in [5.74, 6) is -0.0236. The van der Waals surface area contributed by atoms with E-state index in [0.29, 0.717) is 25.2 Å². The van der Waals surface area contributed by atoms with Gasteiger partial charge in [-0.25, -0.2) is 0 Å². The highest BCUT2D eigenvalue weighted by molar-refractivity contribution is 6.30. The molecule has 0 saturated carbocycles. The molecule has 1 aliphatic rings. The quantitative estimate of drug-likeness (QED) is 0.899. The molecule has 0 aromatic heterocycles. The van der Waals surface area contributed by atoms with Crippen LogP contribution in [0.2, 0.25) is 5.02 Å². The summed E-state index contributed by atoms with van der Waals surface area (Å²) in [5, 5.41) is 3.47. The first kappa shape index (κ1) is 18.3. The van der Waals surface area contributed by atoms with Crippen LogP contribution in [0.5, 0.6) is 0 Å². The molecule has 2 amide bonds. The van der Waals surface area contributed by atoms with E-state index in [9.17, 15) is 9.59 Å². The van der Waals surface area contributed by atoms with Gasteiger partial charge in [-0.2, -0.15) is 0 Å². The van der Waals surface area contributed by atoms with Gasteiger partial charge in [0.2, 0.25) is 5.91 Å². The van der Waals surface area contributed by atoms with Crippen molar-refractivity contribution < 1.29 is 9.59 Å². The van der Waals surface area contributed by atoms with Crippen molar-refractivity contribution in [3.63, 3.8) is 0 Å². The number of piperazine rings is 1. The Morgan fingerprint density at radius 1 is 1.04 bits per heavy atom. The number of amides is 2. The van der Waals surface area contributed by atoms with Crippen molar-refractivity contribution >= 4 is 29.1 Å². The number of carbonyl (C=O) groups excluding carboxylic acids is 2. The van der Waals surface area contributed by atoms with Gasteiger partial charge < -0.3 is 15.1 Å². The first-order valence-corrected chi connectivity index (χ1v) is 9.04. The number of hydrogen-bond acceptors (Lipinski definition) is 3. The summed E-state index contributed by atoms with van der Waals surface area (Å²) in [6, 6.07) is 15.2. The van der Waals surface area contributed by atoms with Gasteiger partial charge in [0.25, 0.3) is 5.91 Å². The normalized spacial score (nSPS) is 14.2. The summed E-state index contributed by atoms with van der Waals surface area (Å²) >= 11 is 6.06. The first-order chi connectivity index (χ1) is 12.5. The topological polar surface area (TPSA) is 52.7 Å². The third-order valence-electron chi connectivity index (χ3n) is 4.48. The molecule has 0 radical (unpaired) electrons. The lowest BCUT2D eigenvalue weighted by atomic mass is 10.1. The standard InChI is InChI=1S/C20H22ClN3O2/c1-15(25)22-14-16-5-7-17(8-6-16)20(26)24-11-9-23(10-12-24)19-4-2-3-18(21)13-19/h2-8,13H,9-12,14H2,1H3,(H,22,25). The fourth-order valence-electron chi connectivity index (χ4n) is 3.01. The van der Waals surface area contributed by atoms with E-state index in [1.54, 1.807) is 0 Å². The number of nitrogens with zero attached hydrogens (tertiary/aromatic N) is 2. The van der Waals surface area contributed by atoms with Crippen LogP contribution in [0.3, 0.4) is 0 Å². The number of benzene rings is 2. The Bertz CT molecular complexity index is 784. The van der Waals surface area contributed by atoms with Crippen molar-refractivity contribution in [3.8, 4) is 0 Å². The van der Waals surface area contributed by atoms with E-state index in [4.69, 9.17) is 11.6 Å². The largest absolute Gasteiger partial charge is 0.368 e. The second-order valence-electron chi connectivity index (χ2n) is 6.37. The summed E-state index contributed by atoms with van der Waals surface area (Å²) in [6.45, 7) is 4.89. The molecule has 0 bridgehead atoms. The van der Waals surface area contributed by atoms with E-state index in [1.165, 1.54) is 6.92 Å². The number of carbonyl (C=O) groups is 2. The Labute approximate surface area is 158 Å². The van der Waals surface area contributed by atoms with Gasteiger partial charge in [-0.1, -0.05) is 29.8 Å². The minimum Gasteiger partial charge on any atom is -0.368 e. The van der Waals surface area contributed by atoms with Crippen molar-refractivity contribution in [3.05, 3.63) is 64.7 Å². The van der Waals surface area contributed by atoms with Gasteiger partial charge in [0.05, 0.1) is 0 Å². The van der Waals surface area contributed by atoms with Crippen LogP contribution in [0, 0.1) is 0 Å². The van der Waals surface area contributed by atoms with Crippen molar-refractivity contribution in [1.29, 1.82) is 0 Å². The predicted octanol–water partition coefficient (Wildman–Crippen LogP) is 2.94. The van der Waals surface area contributed by atoms with Gasteiger partial charge in [0.15, 0.2) is 0 Å². The van der Waals surface area contributed by atoms with Crippen LogP contribution in [0.4, 0.5) is 5.69 Å². The second kappa shape index (κ2) is 8.23. The summed E-state index contributed by atoms with van der Waals surface area (Å²) in [4.78, 5) is 27.8. The number of nitrogens with one attached hydrogen (secondary N) is 1. The molecule has 0 atom stereocenters. The molecule has 2 aromatic carbocycles. The van der Waals surface area contributed by atoms with Crippen molar-refractivity contribution in [1.82, 2.24) is 10.2 Å². The van der Waals surface area contributed by atoms with Crippen LogP contribution in [0.25, 0.3) is 0 Å². The minimum atomic E-state index is -0.0669. The zero-order valence-electron chi connectivity index (χ0n) is 14.7. The molecule has 2 aromatic rings. The van der Waals surface area contributed by atoms with E-state index < -0.39 is 0 Å². The van der Waals surface area contributed by atoms with Crippen LogP contribution in [-0.4, -0.2) is 42.9 Å². The summed E-state index contributed by atoms with van der Waals surface area (Å²) < 4.78 is 0. The van der Waals surface area contributed by atoms with Crippen LogP contribution in [0.1, 0.15) is 22.8 Å². The second-order valence-corrected chi connectivity index (χ2v) is 6.80. The van der Waals surface area contributed by atoms with Gasteiger partial charge in [0.1, 0.15) is 0 Å². The van der Waals surface area contributed by atoms with Crippen LogP contribution < -0.4 is 10.2 Å². The molecule has 1 N–H and O–H groups in total. The molecular formula is C20H22ClN3O2. The summed E-state index contributed by atoms with van der Waals surface area (Å²) in [7, 11) is 0. The molecule has 3 rings (SSSR count). The maximum absolute atomic E-state index is 12.7. The Balaban J connectivity index is 1.57. The van der Waals surface area contributed by atoms with Crippen molar-refractivity contribution in [2.75, 3.05) is 31.1 Å². The number of halogens is 1. The Morgan fingerprint density at radius 3 is 2.35 bits per heavy atom. The lowest BCUT2D eigenvalue weighted by Gasteiger charge is -2.36. The third kappa shape index (κ3) is 4.55. The number of hydrogen-bond donors (Lipinski definition) is 1. The summed E-state index contributed by atoms with van der Waals surface area (Å²) in [5.41, 5.74) is 2.74. The SMILES string of the molecule is CC(=O)NCc1ccc(C(=O)N2CCN(c3cccc(Cl)c3)CC2)cc1. The van der Waals surface area contributed by atoms with Crippen LogP contribution >= 0.6 is 11.6 Å². The molecule has 5 nitrogen and oxygen atoms in total. The van der Waals surface area contributed by atoms with E-state index in [0.717, 1.165) is 29.4 Å².